The first-order valence-electron chi connectivity index (χ1n) is 5.42. The van der Waals surface area contributed by atoms with Gasteiger partial charge in [0.05, 0.1) is 12.2 Å². The number of hydrogen-bond donors (Lipinski definition) is 1. The molecule has 0 bridgehead atoms. The number of carbonyl (C=O) groups is 1. The molecule has 1 heterocycles. The van der Waals surface area contributed by atoms with Crippen LogP contribution in [0, 0.1) is 0 Å². The summed E-state index contributed by atoms with van der Waals surface area (Å²) in [6, 6.07) is 7.50. The molecule has 1 fully saturated rings. The lowest BCUT2D eigenvalue weighted by Crippen LogP contribution is -2.32. The van der Waals surface area contributed by atoms with E-state index in [2.05, 4.69) is 15.9 Å². The van der Waals surface area contributed by atoms with E-state index in [1.54, 1.807) is 4.90 Å². The van der Waals surface area contributed by atoms with Crippen LogP contribution >= 0.6 is 15.9 Å². The number of rotatable bonds is 3. The molecule has 1 amide bonds. The van der Waals surface area contributed by atoms with Crippen molar-refractivity contribution < 1.29 is 14.6 Å². The van der Waals surface area contributed by atoms with Crippen LogP contribution in [0.15, 0.2) is 28.7 Å². The Morgan fingerprint density at radius 3 is 2.88 bits per heavy atom. The van der Waals surface area contributed by atoms with Crippen molar-refractivity contribution in [1.29, 1.82) is 0 Å². The minimum Gasteiger partial charge on any atom is -0.441 e. The van der Waals surface area contributed by atoms with Gasteiger partial charge in [-0.15, -0.1) is 0 Å². The number of anilines is 1. The molecule has 1 aliphatic heterocycles. The van der Waals surface area contributed by atoms with Crippen molar-refractivity contribution in [3.05, 3.63) is 28.7 Å². The molecule has 0 aromatic heterocycles. The largest absolute Gasteiger partial charge is 0.441 e. The van der Waals surface area contributed by atoms with Crippen LogP contribution in [0.2, 0.25) is 0 Å². The standard InChI is InChI=1S/C12H14BrNO3/c1-12(6-7-15)8-14(11(16)17-12)10-5-3-2-4-9(10)13/h2-5,15H,6-8H2,1H3. The zero-order valence-corrected chi connectivity index (χ0v) is 11.1. The Labute approximate surface area is 108 Å². The third kappa shape index (κ3) is 2.45. The molecule has 1 saturated heterocycles. The van der Waals surface area contributed by atoms with E-state index in [9.17, 15) is 4.79 Å². The lowest BCUT2D eigenvalue weighted by atomic mass is 10.0. The smallest absolute Gasteiger partial charge is 0.415 e. The highest BCUT2D eigenvalue weighted by atomic mass is 79.9. The Morgan fingerprint density at radius 2 is 2.24 bits per heavy atom. The fourth-order valence-corrected chi connectivity index (χ4v) is 2.42. The number of cyclic esters (lactones) is 1. The van der Waals surface area contributed by atoms with Gasteiger partial charge in [0.25, 0.3) is 0 Å². The average Bonchev–Trinajstić information content (AvgIpc) is 2.55. The van der Waals surface area contributed by atoms with Crippen molar-refractivity contribution in [1.82, 2.24) is 0 Å². The minimum absolute atomic E-state index is 0.00752. The molecule has 1 N–H and O–H groups in total. The van der Waals surface area contributed by atoms with Gasteiger partial charge in [0.15, 0.2) is 0 Å². The van der Waals surface area contributed by atoms with Crippen molar-refractivity contribution in [2.45, 2.75) is 18.9 Å². The van der Waals surface area contributed by atoms with Crippen LogP contribution < -0.4 is 4.90 Å². The van der Waals surface area contributed by atoms with Gasteiger partial charge in [-0.05, 0) is 35.0 Å². The van der Waals surface area contributed by atoms with Crippen LogP contribution in [0.25, 0.3) is 0 Å². The van der Waals surface area contributed by atoms with E-state index in [1.165, 1.54) is 0 Å². The molecule has 2 rings (SSSR count). The zero-order chi connectivity index (χ0) is 12.5. The summed E-state index contributed by atoms with van der Waals surface area (Å²) < 4.78 is 6.17. The zero-order valence-electron chi connectivity index (χ0n) is 9.52. The number of aliphatic hydroxyl groups is 1. The first-order valence-corrected chi connectivity index (χ1v) is 6.21. The second kappa shape index (κ2) is 4.66. The van der Waals surface area contributed by atoms with Crippen molar-refractivity contribution in [3.8, 4) is 0 Å². The third-order valence-corrected chi connectivity index (χ3v) is 3.50. The molecular weight excluding hydrogens is 286 g/mol. The molecule has 1 aromatic carbocycles. The highest BCUT2D eigenvalue weighted by Gasteiger charge is 2.42. The first-order chi connectivity index (χ1) is 8.06. The fourth-order valence-electron chi connectivity index (χ4n) is 1.92. The molecule has 1 unspecified atom stereocenters. The summed E-state index contributed by atoms with van der Waals surface area (Å²) in [6.07, 6.45) is 0.0764. The van der Waals surface area contributed by atoms with Gasteiger partial charge < -0.3 is 9.84 Å². The van der Waals surface area contributed by atoms with E-state index in [0.717, 1.165) is 10.2 Å². The maximum Gasteiger partial charge on any atom is 0.415 e. The predicted octanol–water partition coefficient (Wildman–Crippen LogP) is 2.55. The Kier molecular flexibility index (Phi) is 3.40. The summed E-state index contributed by atoms with van der Waals surface area (Å²) in [7, 11) is 0. The monoisotopic (exact) mass is 299 g/mol. The molecule has 0 saturated carbocycles. The van der Waals surface area contributed by atoms with Gasteiger partial charge in [0.1, 0.15) is 5.60 Å². The number of halogens is 1. The van der Waals surface area contributed by atoms with Crippen molar-refractivity contribution >= 4 is 27.7 Å². The summed E-state index contributed by atoms with van der Waals surface area (Å²) in [5.41, 5.74) is 0.181. The number of hydrogen-bond acceptors (Lipinski definition) is 3. The van der Waals surface area contributed by atoms with Crippen LogP contribution in [0.1, 0.15) is 13.3 Å². The molecule has 1 atom stereocenters. The molecule has 4 nitrogen and oxygen atoms in total. The van der Waals surface area contributed by atoms with Gasteiger partial charge in [-0.3, -0.25) is 4.90 Å². The number of para-hydroxylation sites is 1. The summed E-state index contributed by atoms with van der Waals surface area (Å²) in [4.78, 5) is 13.4. The van der Waals surface area contributed by atoms with Crippen LogP contribution in [-0.4, -0.2) is 30.0 Å². The van der Waals surface area contributed by atoms with E-state index >= 15 is 0 Å². The maximum absolute atomic E-state index is 11.8. The average molecular weight is 300 g/mol. The Morgan fingerprint density at radius 1 is 1.53 bits per heavy atom. The number of nitrogens with zero attached hydrogens (tertiary/aromatic N) is 1. The van der Waals surface area contributed by atoms with E-state index in [4.69, 9.17) is 9.84 Å². The van der Waals surface area contributed by atoms with E-state index in [0.29, 0.717) is 13.0 Å². The lowest BCUT2D eigenvalue weighted by Gasteiger charge is -2.20. The van der Waals surface area contributed by atoms with Gasteiger partial charge in [0.2, 0.25) is 0 Å². The first kappa shape index (κ1) is 12.4. The molecule has 5 heteroatoms. The van der Waals surface area contributed by atoms with E-state index in [1.807, 2.05) is 31.2 Å². The SMILES string of the molecule is CC1(CCO)CN(c2ccccc2Br)C(=O)O1. The lowest BCUT2D eigenvalue weighted by molar-refractivity contribution is 0.0502. The summed E-state index contributed by atoms with van der Waals surface area (Å²) in [5, 5.41) is 8.97. The second-order valence-corrected chi connectivity index (χ2v) is 5.18. The van der Waals surface area contributed by atoms with Crippen LogP contribution in [0.5, 0.6) is 0 Å². The molecule has 0 spiro atoms. The highest BCUT2D eigenvalue weighted by Crippen LogP contribution is 2.33. The van der Waals surface area contributed by atoms with Crippen LogP contribution in [0.3, 0.4) is 0 Å². The molecule has 0 aliphatic carbocycles. The third-order valence-electron chi connectivity index (χ3n) is 2.83. The topological polar surface area (TPSA) is 49.8 Å². The van der Waals surface area contributed by atoms with Gasteiger partial charge in [-0.1, -0.05) is 12.1 Å². The van der Waals surface area contributed by atoms with E-state index < -0.39 is 5.60 Å². The summed E-state index contributed by atoms with van der Waals surface area (Å²) in [5.74, 6) is 0. The molecular formula is C12H14BrNO3. The van der Waals surface area contributed by atoms with Crippen LogP contribution in [-0.2, 0) is 4.74 Å². The minimum atomic E-state index is -0.610. The number of amides is 1. The number of aliphatic hydroxyl groups excluding tert-OH is 1. The number of ether oxygens (including phenoxy) is 1. The van der Waals surface area contributed by atoms with E-state index in [-0.39, 0.29) is 12.7 Å². The summed E-state index contributed by atoms with van der Waals surface area (Å²) >= 11 is 3.41. The second-order valence-electron chi connectivity index (χ2n) is 4.33. The maximum atomic E-state index is 11.8. The highest BCUT2D eigenvalue weighted by molar-refractivity contribution is 9.10. The van der Waals surface area contributed by atoms with Gasteiger partial charge in [-0.25, -0.2) is 4.79 Å². The predicted molar refractivity (Wildman–Crippen MR) is 68.1 cm³/mol. The Balaban J connectivity index is 2.25. The van der Waals surface area contributed by atoms with Crippen molar-refractivity contribution in [3.63, 3.8) is 0 Å². The molecule has 17 heavy (non-hydrogen) atoms. The summed E-state index contributed by atoms with van der Waals surface area (Å²) in [6.45, 7) is 2.29. The fraction of sp³-hybridized carbons (Fsp3) is 0.417. The normalized spacial score (nSPS) is 23.9. The molecule has 0 radical (unpaired) electrons. The number of benzene rings is 1. The van der Waals surface area contributed by atoms with Gasteiger partial charge in [-0.2, -0.15) is 0 Å². The quantitative estimate of drug-likeness (QED) is 0.933. The molecule has 1 aromatic rings. The molecule has 1 aliphatic rings. The van der Waals surface area contributed by atoms with Gasteiger partial charge in [0, 0.05) is 17.5 Å². The number of carbonyl (C=O) groups excluding carboxylic acids is 1. The van der Waals surface area contributed by atoms with Crippen LogP contribution in [0.4, 0.5) is 10.5 Å². The Hall–Kier alpha value is -1.07. The Bertz CT molecular complexity index is 438. The van der Waals surface area contributed by atoms with Gasteiger partial charge >= 0.3 is 6.09 Å². The van der Waals surface area contributed by atoms with Crippen molar-refractivity contribution in [2.24, 2.45) is 0 Å². The van der Waals surface area contributed by atoms with Crippen molar-refractivity contribution in [2.75, 3.05) is 18.1 Å². The molecule has 92 valence electrons.